The summed E-state index contributed by atoms with van der Waals surface area (Å²) in [6.07, 6.45) is 0. The van der Waals surface area contributed by atoms with Crippen LogP contribution in [-0.2, 0) is 0 Å². The van der Waals surface area contributed by atoms with Crippen LogP contribution in [0.25, 0.3) is 0 Å². The SMILES string of the molecule is CC(CN)Nc1ccc2c(c1)Sc1cccc(Br)c1S2. The fourth-order valence-electron chi connectivity index (χ4n) is 2.00. The van der Waals surface area contributed by atoms with E-state index in [0.717, 1.165) is 10.2 Å². The summed E-state index contributed by atoms with van der Waals surface area (Å²) in [6, 6.07) is 13.2. The normalized spacial score (nSPS) is 14.3. The zero-order valence-corrected chi connectivity index (χ0v) is 14.2. The van der Waals surface area contributed by atoms with Crippen molar-refractivity contribution in [3.63, 3.8) is 0 Å². The van der Waals surface area contributed by atoms with Crippen molar-refractivity contribution in [2.75, 3.05) is 11.9 Å². The summed E-state index contributed by atoms with van der Waals surface area (Å²) in [5.41, 5.74) is 6.79. The first-order valence-electron chi connectivity index (χ1n) is 6.42. The zero-order chi connectivity index (χ0) is 14.1. The molecule has 1 aliphatic rings. The molecule has 0 aliphatic carbocycles. The first-order valence-corrected chi connectivity index (χ1v) is 8.85. The number of hydrogen-bond donors (Lipinski definition) is 2. The van der Waals surface area contributed by atoms with Crippen LogP contribution in [0, 0.1) is 0 Å². The van der Waals surface area contributed by atoms with Gasteiger partial charge in [-0.15, -0.1) is 0 Å². The molecule has 2 aromatic carbocycles. The second-order valence-electron chi connectivity index (χ2n) is 4.71. The number of halogens is 1. The van der Waals surface area contributed by atoms with Crippen LogP contribution in [0.15, 0.2) is 60.5 Å². The van der Waals surface area contributed by atoms with E-state index < -0.39 is 0 Å². The second kappa shape index (κ2) is 6.02. The maximum atomic E-state index is 5.66. The molecule has 2 nitrogen and oxygen atoms in total. The molecule has 0 spiro atoms. The van der Waals surface area contributed by atoms with Gasteiger partial charge < -0.3 is 11.1 Å². The third-order valence-corrected chi connectivity index (χ3v) is 6.59. The van der Waals surface area contributed by atoms with Crippen molar-refractivity contribution in [2.45, 2.75) is 32.5 Å². The molecule has 3 N–H and O–H groups in total. The van der Waals surface area contributed by atoms with Crippen molar-refractivity contribution >= 4 is 45.1 Å². The Labute approximate surface area is 136 Å². The molecule has 0 saturated heterocycles. The quantitative estimate of drug-likeness (QED) is 0.696. The van der Waals surface area contributed by atoms with Gasteiger partial charge in [0.05, 0.1) is 0 Å². The van der Waals surface area contributed by atoms with E-state index in [1.165, 1.54) is 19.6 Å². The predicted molar refractivity (Wildman–Crippen MR) is 91.0 cm³/mol. The molecule has 0 fully saturated rings. The number of nitrogens with two attached hydrogens (primary N) is 1. The molecule has 0 saturated carbocycles. The highest BCUT2D eigenvalue weighted by molar-refractivity contribution is 9.10. The number of benzene rings is 2. The lowest BCUT2D eigenvalue weighted by Crippen LogP contribution is -2.25. The van der Waals surface area contributed by atoms with E-state index in [1.54, 1.807) is 0 Å². The Morgan fingerprint density at radius 3 is 2.80 bits per heavy atom. The van der Waals surface area contributed by atoms with Gasteiger partial charge in [-0.3, -0.25) is 0 Å². The minimum atomic E-state index is 0.288. The highest BCUT2D eigenvalue weighted by Gasteiger charge is 2.19. The lowest BCUT2D eigenvalue weighted by atomic mass is 10.2. The van der Waals surface area contributed by atoms with Gasteiger partial charge in [-0.05, 0) is 53.2 Å². The second-order valence-corrected chi connectivity index (χ2v) is 7.70. The third-order valence-electron chi connectivity index (χ3n) is 3.07. The highest BCUT2D eigenvalue weighted by atomic mass is 79.9. The van der Waals surface area contributed by atoms with Gasteiger partial charge in [-0.2, -0.15) is 0 Å². The van der Waals surface area contributed by atoms with Gasteiger partial charge in [0.2, 0.25) is 0 Å². The Morgan fingerprint density at radius 1 is 1.15 bits per heavy atom. The monoisotopic (exact) mass is 366 g/mol. The minimum Gasteiger partial charge on any atom is -0.381 e. The molecule has 5 heteroatoms. The molecule has 2 aromatic rings. The average Bonchev–Trinajstić information content (AvgIpc) is 2.46. The Bertz CT molecular complexity index is 646. The molecule has 1 aliphatic heterocycles. The lowest BCUT2D eigenvalue weighted by molar-refractivity contribution is 0.803. The highest BCUT2D eigenvalue weighted by Crippen LogP contribution is 2.51. The number of rotatable bonds is 3. The van der Waals surface area contributed by atoms with Crippen molar-refractivity contribution in [3.8, 4) is 0 Å². The molecule has 104 valence electrons. The van der Waals surface area contributed by atoms with E-state index in [1.807, 2.05) is 23.5 Å². The summed E-state index contributed by atoms with van der Waals surface area (Å²) in [5.74, 6) is 0. The van der Waals surface area contributed by atoms with Gasteiger partial charge in [0, 0.05) is 42.3 Å². The van der Waals surface area contributed by atoms with Crippen LogP contribution >= 0.6 is 39.5 Å². The summed E-state index contributed by atoms with van der Waals surface area (Å²) in [7, 11) is 0. The Kier molecular flexibility index (Phi) is 4.31. The van der Waals surface area contributed by atoms with Gasteiger partial charge in [0.25, 0.3) is 0 Å². The van der Waals surface area contributed by atoms with Crippen LogP contribution in [0.4, 0.5) is 5.69 Å². The molecule has 1 unspecified atom stereocenters. The minimum absolute atomic E-state index is 0.288. The molecule has 0 radical (unpaired) electrons. The van der Waals surface area contributed by atoms with Crippen LogP contribution in [0.3, 0.4) is 0 Å². The number of fused-ring (bicyclic) bond motifs is 2. The number of anilines is 1. The molecule has 1 atom stereocenters. The molecule has 3 rings (SSSR count). The van der Waals surface area contributed by atoms with Crippen LogP contribution in [0.5, 0.6) is 0 Å². The van der Waals surface area contributed by atoms with Gasteiger partial charge in [-0.25, -0.2) is 0 Å². The average molecular weight is 367 g/mol. The summed E-state index contributed by atoms with van der Waals surface area (Å²) < 4.78 is 1.16. The molecular weight excluding hydrogens is 352 g/mol. The van der Waals surface area contributed by atoms with E-state index in [9.17, 15) is 0 Å². The maximum absolute atomic E-state index is 5.66. The van der Waals surface area contributed by atoms with Crippen LogP contribution in [-0.4, -0.2) is 12.6 Å². The van der Waals surface area contributed by atoms with E-state index >= 15 is 0 Å². The maximum Gasteiger partial charge on any atom is 0.0404 e. The van der Waals surface area contributed by atoms with Crippen molar-refractivity contribution < 1.29 is 0 Å². The first kappa shape index (κ1) is 14.3. The van der Waals surface area contributed by atoms with Crippen LogP contribution < -0.4 is 11.1 Å². The zero-order valence-electron chi connectivity index (χ0n) is 11.0. The fourth-order valence-corrected chi connectivity index (χ4v) is 5.03. The van der Waals surface area contributed by atoms with E-state index in [2.05, 4.69) is 64.6 Å². The van der Waals surface area contributed by atoms with Gasteiger partial charge in [-0.1, -0.05) is 29.6 Å². The number of hydrogen-bond acceptors (Lipinski definition) is 4. The van der Waals surface area contributed by atoms with Crippen molar-refractivity contribution in [3.05, 3.63) is 40.9 Å². The van der Waals surface area contributed by atoms with Crippen molar-refractivity contribution in [1.82, 2.24) is 0 Å². The van der Waals surface area contributed by atoms with Gasteiger partial charge >= 0.3 is 0 Å². The third kappa shape index (κ3) is 2.86. The van der Waals surface area contributed by atoms with E-state index in [0.29, 0.717) is 6.54 Å². The number of nitrogens with one attached hydrogen (secondary N) is 1. The van der Waals surface area contributed by atoms with Gasteiger partial charge in [0.1, 0.15) is 0 Å². The molecule has 20 heavy (non-hydrogen) atoms. The largest absolute Gasteiger partial charge is 0.381 e. The van der Waals surface area contributed by atoms with Crippen LogP contribution in [0.1, 0.15) is 6.92 Å². The van der Waals surface area contributed by atoms with E-state index in [-0.39, 0.29) is 6.04 Å². The first-order chi connectivity index (χ1) is 9.67. The standard InChI is InChI=1S/C15H15BrN2S2/c1-9(8-17)18-10-5-6-12-14(7-10)19-13-4-2-3-11(16)15(13)20-12/h2-7,9,18H,8,17H2,1H3. The smallest absolute Gasteiger partial charge is 0.0404 e. The Morgan fingerprint density at radius 2 is 2.00 bits per heavy atom. The summed E-state index contributed by atoms with van der Waals surface area (Å²) in [5, 5.41) is 3.42. The Hall–Kier alpha value is -0.620. The molecular formula is C15H15BrN2S2. The van der Waals surface area contributed by atoms with Crippen LogP contribution in [0.2, 0.25) is 0 Å². The summed E-state index contributed by atoms with van der Waals surface area (Å²) in [4.78, 5) is 5.22. The molecule has 0 aromatic heterocycles. The van der Waals surface area contributed by atoms with Crippen molar-refractivity contribution in [1.29, 1.82) is 0 Å². The predicted octanol–water partition coefficient (Wildman–Crippen LogP) is 4.82. The topological polar surface area (TPSA) is 38.0 Å². The summed E-state index contributed by atoms with van der Waals surface area (Å²) >= 11 is 7.28. The fraction of sp³-hybridized carbons (Fsp3) is 0.200. The molecule has 0 amide bonds. The Balaban J connectivity index is 1.90. The van der Waals surface area contributed by atoms with E-state index in [4.69, 9.17) is 5.73 Å². The lowest BCUT2D eigenvalue weighted by Gasteiger charge is -2.21. The molecule has 0 bridgehead atoms. The molecule has 1 heterocycles. The van der Waals surface area contributed by atoms with Gasteiger partial charge in [0.15, 0.2) is 0 Å². The summed E-state index contributed by atoms with van der Waals surface area (Å²) in [6.45, 7) is 2.72. The van der Waals surface area contributed by atoms with Crippen molar-refractivity contribution in [2.24, 2.45) is 5.73 Å².